The largest absolute Gasteiger partial charge is 0.461 e. The van der Waals surface area contributed by atoms with Crippen molar-refractivity contribution in [1.82, 2.24) is 14.9 Å². The molecule has 104 valence electrons. The number of carbonyl (C=O) groups is 2. The molecule has 0 aliphatic carbocycles. The number of nitrogens with zero attached hydrogens (tertiary/aromatic N) is 2. The van der Waals surface area contributed by atoms with E-state index in [1.165, 1.54) is 0 Å². The first-order chi connectivity index (χ1) is 9.61. The van der Waals surface area contributed by atoms with Crippen molar-refractivity contribution < 1.29 is 14.3 Å². The second kappa shape index (κ2) is 4.63. The first kappa shape index (κ1) is 12.7. The summed E-state index contributed by atoms with van der Waals surface area (Å²) >= 11 is 0. The molecule has 1 aliphatic heterocycles. The highest BCUT2D eigenvalue weighted by molar-refractivity contribution is 5.99. The third-order valence-corrected chi connectivity index (χ3v) is 3.40. The van der Waals surface area contributed by atoms with Gasteiger partial charge in [0.15, 0.2) is 5.69 Å². The number of ether oxygens (including phenoxy) is 1. The number of nitrogens with one attached hydrogen (secondary N) is 1. The van der Waals surface area contributed by atoms with Gasteiger partial charge in [-0.1, -0.05) is 0 Å². The summed E-state index contributed by atoms with van der Waals surface area (Å²) in [7, 11) is 0. The molecule has 0 spiro atoms. The topological polar surface area (TPSA) is 73.2 Å². The lowest BCUT2D eigenvalue weighted by Crippen LogP contribution is -2.37. The number of carbonyl (C=O) groups excluding carboxylic acids is 2. The van der Waals surface area contributed by atoms with Gasteiger partial charge >= 0.3 is 5.97 Å². The molecule has 0 fully saturated rings. The number of fused-ring (bicyclic) bond motifs is 3. The summed E-state index contributed by atoms with van der Waals surface area (Å²) in [5.41, 5.74) is 1.48. The van der Waals surface area contributed by atoms with Crippen molar-refractivity contribution in [3.8, 4) is 0 Å². The van der Waals surface area contributed by atoms with Crippen molar-refractivity contribution in [3.63, 3.8) is 0 Å². The van der Waals surface area contributed by atoms with E-state index in [1.807, 2.05) is 11.5 Å². The van der Waals surface area contributed by atoms with E-state index in [0.717, 1.165) is 5.39 Å². The third-order valence-electron chi connectivity index (χ3n) is 3.40. The second-order valence-corrected chi connectivity index (χ2v) is 4.79. The zero-order chi connectivity index (χ0) is 14.3. The molecular weight excluding hydrogens is 258 g/mol. The summed E-state index contributed by atoms with van der Waals surface area (Å²) in [5, 5.41) is 3.67. The number of hydrogen-bond donors (Lipinski definition) is 1. The fraction of sp³-hybridized carbons (Fsp3) is 0.357. The van der Waals surface area contributed by atoms with Crippen LogP contribution in [0.3, 0.4) is 0 Å². The predicted octanol–water partition coefficient (Wildman–Crippen LogP) is 1.52. The van der Waals surface area contributed by atoms with Crippen molar-refractivity contribution in [2.75, 3.05) is 13.2 Å². The van der Waals surface area contributed by atoms with E-state index in [2.05, 4.69) is 10.3 Å². The van der Waals surface area contributed by atoms with E-state index in [0.29, 0.717) is 24.5 Å². The Hall–Kier alpha value is -2.37. The molecule has 1 aliphatic rings. The van der Waals surface area contributed by atoms with Gasteiger partial charge in [0.05, 0.1) is 12.6 Å². The molecule has 6 nitrogen and oxygen atoms in total. The van der Waals surface area contributed by atoms with Gasteiger partial charge < -0.3 is 14.6 Å². The van der Waals surface area contributed by atoms with E-state index in [4.69, 9.17) is 4.74 Å². The monoisotopic (exact) mass is 273 g/mol. The van der Waals surface area contributed by atoms with E-state index >= 15 is 0 Å². The van der Waals surface area contributed by atoms with Gasteiger partial charge in [-0.05, 0) is 32.0 Å². The number of esters is 1. The van der Waals surface area contributed by atoms with Crippen LogP contribution in [0.5, 0.6) is 0 Å². The van der Waals surface area contributed by atoms with Crippen LogP contribution in [0.4, 0.5) is 0 Å². The lowest BCUT2D eigenvalue weighted by atomic mass is 10.2. The lowest BCUT2D eigenvalue weighted by Gasteiger charge is -2.23. The van der Waals surface area contributed by atoms with Crippen molar-refractivity contribution in [2.24, 2.45) is 0 Å². The van der Waals surface area contributed by atoms with Crippen molar-refractivity contribution in [3.05, 3.63) is 29.6 Å². The smallest absolute Gasteiger partial charge is 0.356 e. The van der Waals surface area contributed by atoms with Gasteiger partial charge in [-0.2, -0.15) is 0 Å². The van der Waals surface area contributed by atoms with Crippen LogP contribution >= 0.6 is 0 Å². The Kier molecular flexibility index (Phi) is 2.93. The van der Waals surface area contributed by atoms with Gasteiger partial charge in [0.25, 0.3) is 5.91 Å². The average molecular weight is 273 g/mol. The van der Waals surface area contributed by atoms with E-state index < -0.39 is 5.97 Å². The molecule has 0 aromatic carbocycles. The molecule has 0 unspecified atom stereocenters. The van der Waals surface area contributed by atoms with Crippen LogP contribution in [0, 0.1) is 0 Å². The van der Waals surface area contributed by atoms with Gasteiger partial charge in [0.2, 0.25) is 0 Å². The van der Waals surface area contributed by atoms with Crippen molar-refractivity contribution in [2.45, 2.75) is 19.9 Å². The zero-order valence-electron chi connectivity index (χ0n) is 11.3. The number of hydrogen-bond acceptors (Lipinski definition) is 4. The molecule has 0 radical (unpaired) electrons. The van der Waals surface area contributed by atoms with Gasteiger partial charge in [-0.25, -0.2) is 9.78 Å². The molecule has 0 bridgehead atoms. The average Bonchev–Trinajstić information content (AvgIpc) is 2.83. The molecule has 1 amide bonds. The SMILES string of the molecule is CCOC(=O)c1ccc2cc3n(c2n1)[C@H](C)CNC3=O. The molecule has 1 atom stereocenters. The fourth-order valence-corrected chi connectivity index (χ4v) is 2.46. The summed E-state index contributed by atoms with van der Waals surface area (Å²) in [6.07, 6.45) is 0. The Balaban J connectivity index is 2.16. The molecule has 2 aromatic heterocycles. The van der Waals surface area contributed by atoms with Crippen LogP contribution in [0.2, 0.25) is 0 Å². The van der Waals surface area contributed by atoms with Crippen LogP contribution in [0.1, 0.15) is 40.9 Å². The standard InChI is InChI=1S/C14H15N3O3/c1-3-20-14(19)10-5-4-9-6-11-13(18)15-7-8(2)17(11)12(9)16-10/h4-6,8H,3,7H2,1-2H3,(H,15,18)/t8-/m1/s1. The van der Waals surface area contributed by atoms with Crippen molar-refractivity contribution in [1.29, 1.82) is 0 Å². The molecule has 3 rings (SSSR count). The normalized spacial score (nSPS) is 17.7. The first-order valence-corrected chi connectivity index (χ1v) is 6.59. The molecule has 20 heavy (non-hydrogen) atoms. The highest BCUT2D eigenvalue weighted by atomic mass is 16.5. The zero-order valence-corrected chi connectivity index (χ0v) is 11.3. The van der Waals surface area contributed by atoms with Crippen molar-refractivity contribution >= 4 is 22.9 Å². The minimum atomic E-state index is -0.446. The molecule has 6 heteroatoms. The highest BCUT2D eigenvalue weighted by Crippen LogP contribution is 2.25. The summed E-state index contributed by atoms with van der Waals surface area (Å²) < 4.78 is 6.83. The Labute approximate surface area is 115 Å². The van der Waals surface area contributed by atoms with Gasteiger partial charge in [-0.3, -0.25) is 4.79 Å². The van der Waals surface area contributed by atoms with Crippen LogP contribution in [0.25, 0.3) is 11.0 Å². The summed E-state index contributed by atoms with van der Waals surface area (Å²) in [6.45, 7) is 4.62. The van der Waals surface area contributed by atoms with Gasteiger partial charge in [0.1, 0.15) is 11.3 Å². The van der Waals surface area contributed by atoms with Gasteiger partial charge in [-0.15, -0.1) is 0 Å². The highest BCUT2D eigenvalue weighted by Gasteiger charge is 2.25. The molecular formula is C14H15N3O3. The molecule has 3 heterocycles. The Morgan fingerprint density at radius 2 is 2.35 bits per heavy atom. The van der Waals surface area contributed by atoms with E-state index in [-0.39, 0.29) is 17.6 Å². The quantitative estimate of drug-likeness (QED) is 0.842. The Morgan fingerprint density at radius 3 is 3.10 bits per heavy atom. The Morgan fingerprint density at radius 1 is 1.55 bits per heavy atom. The minimum absolute atomic E-state index is 0.102. The maximum atomic E-state index is 11.9. The maximum absolute atomic E-state index is 11.9. The number of rotatable bonds is 2. The summed E-state index contributed by atoms with van der Waals surface area (Å²) in [5.74, 6) is -0.559. The van der Waals surface area contributed by atoms with Crippen LogP contribution < -0.4 is 5.32 Å². The second-order valence-electron chi connectivity index (χ2n) is 4.79. The fourth-order valence-electron chi connectivity index (χ4n) is 2.46. The number of amides is 1. The van der Waals surface area contributed by atoms with Crippen LogP contribution in [-0.2, 0) is 4.74 Å². The Bertz CT molecular complexity index is 705. The third kappa shape index (κ3) is 1.84. The van der Waals surface area contributed by atoms with Crippen LogP contribution in [-0.4, -0.2) is 34.6 Å². The predicted molar refractivity (Wildman–Crippen MR) is 72.7 cm³/mol. The van der Waals surface area contributed by atoms with Gasteiger partial charge in [0, 0.05) is 11.9 Å². The summed E-state index contributed by atoms with van der Waals surface area (Å²) in [4.78, 5) is 28.0. The molecule has 0 saturated carbocycles. The van der Waals surface area contributed by atoms with E-state index in [1.54, 1.807) is 25.1 Å². The molecule has 0 saturated heterocycles. The summed E-state index contributed by atoms with van der Waals surface area (Å²) in [6, 6.07) is 5.31. The minimum Gasteiger partial charge on any atom is -0.461 e. The lowest BCUT2D eigenvalue weighted by molar-refractivity contribution is 0.0519. The van der Waals surface area contributed by atoms with Crippen LogP contribution in [0.15, 0.2) is 18.2 Å². The maximum Gasteiger partial charge on any atom is 0.356 e. The number of pyridine rings is 1. The molecule has 1 N–H and O–H groups in total. The first-order valence-electron chi connectivity index (χ1n) is 6.59. The van der Waals surface area contributed by atoms with E-state index in [9.17, 15) is 9.59 Å². The number of aromatic nitrogens is 2. The molecule has 2 aromatic rings.